The molecule has 3 amide bonds. The van der Waals surface area contributed by atoms with E-state index in [2.05, 4.69) is 5.32 Å². The molecule has 0 aliphatic carbocycles. The van der Waals surface area contributed by atoms with Crippen molar-refractivity contribution in [1.29, 1.82) is 0 Å². The van der Waals surface area contributed by atoms with Gasteiger partial charge >= 0.3 is 6.03 Å². The van der Waals surface area contributed by atoms with Crippen LogP contribution < -0.4 is 5.32 Å². The molecule has 7 heteroatoms. The average molecular weight is 392 g/mol. The molecule has 1 aromatic rings. The van der Waals surface area contributed by atoms with Crippen molar-refractivity contribution < 1.29 is 14.3 Å². The van der Waals surface area contributed by atoms with Gasteiger partial charge in [0.1, 0.15) is 0 Å². The van der Waals surface area contributed by atoms with Gasteiger partial charge in [-0.1, -0.05) is 0 Å². The van der Waals surface area contributed by atoms with E-state index < -0.39 is 0 Å². The lowest BCUT2D eigenvalue weighted by atomic mass is 9.96. The summed E-state index contributed by atoms with van der Waals surface area (Å²) >= 11 is 1.67. The smallest absolute Gasteiger partial charge is 0.321 e. The first-order chi connectivity index (χ1) is 13.2. The maximum absolute atomic E-state index is 12.6. The van der Waals surface area contributed by atoms with Crippen LogP contribution in [0.4, 0.5) is 10.5 Å². The Hall–Kier alpha value is -1.73. The zero-order chi connectivity index (χ0) is 19.1. The quantitative estimate of drug-likeness (QED) is 0.800. The molecule has 148 valence electrons. The molecule has 0 bridgehead atoms. The van der Waals surface area contributed by atoms with Crippen LogP contribution in [0.1, 0.15) is 25.7 Å². The molecule has 0 radical (unpaired) electrons. The molecule has 27 heavy (non-hydrogen) atoms. The van der Waals surface area contributed by atoms with Crippen LogP contribution in [-0.2, 0) is 9.53 Å². The second-order valence-corrected chi connectivity index (χ2v) is 8.02. The van der Waals surface area contributed by atoms with Gasteiger partial charge in [-0.05, 0) is 55.7 Å². The molecule has 0 aromatic heterocycles. The maximum Gasteiger partial charge on any atom is 0.321 e. The number of ether oxygens (including phenoxy) is 1. The average Bonchev–Trinajstić information content (AvgIpc) is 2.96. The van der Waals surface area contributed by atoms with E-state index in [1.54, 1.807) is 11.8 Å². The van der Waals surface area contributed by atoms with Crippen LogP contribution in [0.15, 0.2) is 29.2 Å². The van der Waals surface area contributed by atoms with Crippen molar-refractivity contribution >= 4 is 29.4 Å². The van der Waals surface area contributed by atoms with Crippen molar-refractivity contribution in [3.8, 4) is 0 Å². The van der Waals surface area contributed by atoms with Gasteiger partial charge in [-0.2, -0.15) is 0 Å². The van der Waals surface area contributed by atoms with Crippen molar-refractivity contribution in [3.63, 3.8) is 0 Å². The lowest BCUT2D eigenvalue weighted by Crippen LogP contribution is -2.39. The summed E-state index contributed by atoms with van der Waals surface area (Å²) in [4.78, 5) is 30.1. The number of carbonyl (C=O) groups is 2. The first kappa shape index (κ1) is 20.0. The lowest BCUT2D eigenvalue weighted by Gasteiger charge is -2.26. The van der Waals surface area contributed by atoms with E-state index in [0.29, 0.717) is 32.0 Å². The van der Waals surface area contributed by atoms with Crippen molar-refractivity contribution in [2.75, 3.05) is 51.0 Å². The molecular formula is C20H29N3O3S. The Balaban J connectivity index is 1.47. The molecule has 3 rings (SSSR count). The number of anilines is 1. The highest BCUT2D eigenvalue weighted by atomic mass is 32.2. The first-order valence-electron chi connectivity index (χ1n) is 9.71. The summed E-state index contributed by atoms with van der Waals surface area (Å²) in [5.74, 6) is 0.662. The van der Waals surface area contributed by atoms with E-state index in [4.69, 9.17) is 4.74 Å². The van der Waals surface area contributed by atoms with E-state index in [0.717, 1.165) is 44.7 Å². The van der Waals surface area contributed by atoms with Gasteiger partial charge in [0.05, 0.1) is 0 Å². The maximum atomic E-state index is 12.6. The number of hydrogen-bond acceptors (Lipinski definition) is 4. The van der Waals surface area contributed by atoms with E-state index in [9.17, 15) is 9.59 Å². The Morgan fingerprint density at radius 3 is 2.44 bits per heavy atom. The van der Waals surface area contributed by atoms with Crippen LogP contribution in [0.5, 0.6) is 0 Å². The van der Waals surface area contributed by atoms with Crippen molar-refractivity contribution in [2.45, 2.75) is 30.6 Å². The van der Waals surface area contributed by atoms with Gasteiger partial charge in [-0.25, -0.2) is 4.79 Å². The SMILES string of the molecule is CSc1ccc(NC(=O)N2CCCN(C(=O)CC3CCOCC3)CC2)cc1. The van der Waals surface area contributed by atoms with Crippen molar-refractivity contribution in [1.82, 2.24) is 9.80 Å². The van der Waals surface area contributed by atoms with E-state index >= 15 is 0 Å². The van der Waals surface area contributed by atoms with Gasteiger partial charge in [-0.3, -0.25) is 4.79 Å². The minimum Gasteiger partial charge on any atom is -0.381 e. The normalized spacial score (nSPS) is 18.9. The number of amides is 3. The number of rotatable bonds is 4. The van der Waals surface area contributed by atoms with Crippen LogP contribution in [0.3, 0.4) is 0 Å². The monoisotopic (exact) mass is 391 g/mol. The number of carbonyl (C=O) groups excluding carboxylic acids is 2. The van der Waals surface area contributed by atoms with E-state index in [-0.39, 0.29) is 11.9 Å². The highest BCUT2D eigenvalue weighted by Gasteiger charge is 2.25. The molecule has 1 aromatic carbocycles. The molecule has 1 N–H and O–H groups in total. The molecule has 0 spiro atoms. The van der Waals surface area contributed by atoms with E-state index in [1.165, 1.54) is 4.90 Å². The number of nitrogens with one attached hydrogen (secondary N) is 1. The predicted molar refractivity (Wildman–Crippen MR) is 108 cm³/mol. The summed E-state index contributed by atoms with van der Waals surface area (Å²) in [5, 5.41) is 2.96. The number of nitrogens with zero attached hydrogens (tertiary/aromatic N) is 2. The summed E-state index contributed by atoms with van der Waals surface area (Å²) in [6, 6.07) is 7.75. The first-order valence-corrected chi connectivity index (χ1v) is 10.9. The number of benzene rings is 1. The van der Waals surface area contributed by atoms with Crippen LogP contribution >= 0.6 is 11.8 Å². The molecular weight excluding hydrogens is 362 g/mol. The standard InChI is InChI=1S/C20H29N3O3S/c1-27-18-5-3-17(4-6-18)21-20(25)23-10-2-9-22(11-12-23)19(24)15-16-7-13-26-14-8-16/h3-6,16H,2,7-15H2,1H3,(H,21,25). The summed E-state index contributed by atoms with van der Waals surface area (Å²) in [7, 11) is 0. The van der Waals surface area contributed by atoms with Gasteiger partial charge in [0.2, 0.25) is 5.91 Å². The second kappa shape index (κ2) is 9.99. The van der Waals surface area contributed by atoms with Gasteiger partial charge in [0.25, 0.3) is 0 Å². The minimum atomic E-state index is -0.0920. The molecule has 0 atom stereocenters. The fourth-order valence-corrected chi connectivity index (χ4v) is 3.98. The van der Waals surface area contributed by atoms with Crippen molar-refractivity contribution in [2.24, 2.45) is 5.92 Å². The second-order valence-electron chi connectivity index (χ2n) is 7.14. The summed E-state index contributed by atoms with van der Waals surface area (Å²) < 4.78 is 5.37. The Morgan fingerprint density at radius 1 is 1.07 bits per heavy atom. The van der Waals surface area contributed by atoms with Gasteiger partial charge in [-0.15, -0.1) is 11.8 Å². The largest absolute Gasteiger partial charge is 0.381 e. The highest BCUT2D eigenvalue weighted by Crippen LogP contribution is 2.21. The fourth-order valence-electron chi connectivity index (χ4n) is 3.57. The molecule has 2 fully saturated rings. The third kappa shape index (κ3) is 5.87. The Bertz CT molecular complexity index is 632. The zero-order valence-electron chi connectivity index (χ0n) is 16.0. The van der Waals surface area contributed by atoms with Crippen molar-refractivity contribution in [3.05, 3.63) is 24.3 Å². The lowest BCUT2D eigenvalue weighted by molar-refractivity contribution is -0.132. The minimum absolute atomic E-state index is 0.0920. The Labute approximate surface area is 165 Å². The Kier molecular flexibility index (Phi) is 7.41. The Morgan fingerprint density at radius 2 is 1.74 bits per heavy atom. The van der Waals surface area contributed by atoms with Crippen LogP contribution in [-0.4, -0.2) is 67.4 Å². The van der Waals surface area contributed by atoms with Crippen LogP contribution in [0.25, 0.3) is 0 Å². The van der Waals surface area contributed by atoms with Crippen LogP contribution in [0, 0.1) is 5.92 Å². The topological polar surface area (TPSA) is 61.9 Å². The van der Waals surface area contributed by atoms with Gasteiger partial charge < -0.3 is 19.9 Å². The molecule has 2 heterocycles. The molecule has 6 nitrogen and oxygen atoms in total. The van der Waals surface area contributed by atoms with Gasteiger partial charge in [0, 0.05) is 56.4 Å². The van der Waals surface area contributed by atoms with E-state index in [1.807, 2.05) is 40.3 Å². The molecule has 2 aliphatic heterocycles. The predicted octanol–water partition coefficient (Wildman–Crippen LogP) is 3.29. The molecule has 2 aliphatic rings. The molecule has 0 unspecified atom stereocenters. The third-order valence-electron chi connectivity index (χ3n) is 5.28. The number of hydrogen-bond donors (Lipinski definition) is 1. The fraction of sp³-hybridized carbons (Fsp3) is 0.600. The zero-order valence-corrected chi connectivity index (χ0v) is 16.8. The molecule has 2 saturated heterocycles. The summed E-state index contributed by atoms with van der Waals surface area (Å²) in [6.45, 7) is 4.13. The highest BCUT2D eigenvalue weighted by molar-refractivity contribution is 7.98. The number of thioether (sulfide) groups is 1. The summed E-state index contributed by atoms with van der Waals surface area (Å²) in [5.41, 5.74) is 0.800. The van der Waals surface area contributed by atoms with Gasteiger partial charge in [0.15, 0.2) is 0 Å². The number of urea groups is 1. The molecule has 0 saturated carbocycles. The third-order valence-corrected chi connectivity index (χ3v) is 6.02. The summed E-state index contributed by atoms with van der Waals surface area (Å²) in [6.07, 6.45) is 5.41. The van der Waals surface area contributed by atoms with Crippen LogP contribution in [0.2, 0.25) is 0 Å².